The minimum Gasteiger partial charge on any atom is -0.464 e. The van der Waals surface area contributed by atoms with E-state index in [2.05, 4.69) is 29.4 Å². The summed E-state index contributed by atoms with van der Waals surface area (Å²) in [5.41, 5.74) is 2.65. The zero-order valence-corrected chi connectivity index (χ0v) is 14.9. The first kappa shape index (κ1) is 15.7. The van der Waals surface area contributed by atoms with Gasteiger partial charge < -0.3 is 10.1 Å². The first-order valence-corrected chi connectivity index (χ1v) is 8.87. The molecule has 8 nitrogen and oxygen atoms in total. The summed E-state index contributed by atoms with van der Waals surface area (Å²) in [5.74, 6) is 0.112. The molecule has 0 saturated heterocycles. The molecule has 0 bridgehead atoms. The number of hydrogen-bond acceptors (Lipinski definition) is 9. The highest BCUT2D eigenvalue weighted by molar-refractivity contribution is 7.13. The summed E-state index contributed by atoms with van der Waals surface area (Å²) in [4.78, 5) is 24.9. The topological polar surface area (TPSA) is 94.3 Å². The zero-order chi connectivity index (χ0) is 17.4. The second-order valence-electron chi connectivity index (χ2n) is 5.10. The summed E-state index contributed by atoms with van der Waals surface area (Å²) in [5, 5.41) is 6.67. The average Bonchev–Trinajstić information content (AvgIpc) is 3.33. The van der Waals surface area contributed by atoms with Gasteiger partial charge in [0.25, 0.3) is 0 Å². The van der Waals surface area contributed by atoms with Gasteiger partial charge in [0.1, 0.15) is 15.7 Å². The highest BCUT2D eigenvalue weighted by atomic mass is 32.1. The van der Waals surface area contributed by atoms with Gasteiger partial charge in [-0.3, -0.25) is 4.40 Å². The number of imidazole rings is 1. The molecule has 126 valence electrons. The third-order valence-electron chi connectivity index (χ3n) is 3.41. The van der Waals surface area contributed by atoms with Gasteiger partial charge in [-0.2, -0.15) is 4.37 Å². The number of esters is 1. The Morgan fingerprint density at radius 3 is 3.00 bits per heavy atom. The Balaban J connectivity index is 1.75. The van der Waals surface area contributed by atoms with Crippen molar-refractivity contribution in [1.82, 2.24) is 23.7 Å². The Kier molecular flexibility index (Phi) is 3.90. The first-order chi connectivity index (χ1) is 12.2. The summed E-state index contributed by atoms with van der Waals surface area (Å²) in [7, 11) is 1.32. The lowest BCUT2D eigenvalue weighted by molar-refractivity contribution is 0.0595. The number of anilines is 2. The summed E-state index contributed by atoms with van der Waals surface area (Å²) in [6.45, 7) is 1.91. The molecule has 4 rings (SSSR count). The summed E-state index contributed by atoms with van der Waals surface area (Å²) >= 11 is 2.71. The van der Waals surface area contributed by atoms with Gasteiger partial charge in [0.15, 0.2) is 17.2 Å². The fraction of sp³-hybridized carbons (Fsp3) is 0.133. The van der Waals surface area contributed by atoms with Crippen molar-refractivity contribution in [3.05, 3.63) is 41.4 Å². The van der Waals surface area contributed by atoms with Crippen molar-refractivity contribution in [2.75, 3.05) is 12.4 Å². The molecular weight excluding hydrogens is 360 g/mol. The van der Waals surface area contributed by atoms with Gasteiger partial charge in [-0.25, -0.2) is 19.7 Å². The second kappa shape index (κ2) is 6.22. The molecule has 0 aliphatic rings. The van der Waals surface area contributed by atoms with Crippen LogP contribution in [0.15, 0.2) is 30.0 Å². The van der Waals surface area contributed by atoms with Crippen molar-refractivity contribution in [3.63, 3.8) is 0 Å². The smallest absolute Gasteiger partial charge is 0.357 e. The Morgan fingerprint density at radius 1 is 1.36 bits per heavy atom. The van der Waals surface area contributed by atoms with Gasteiger partial charge in [0.2, 0.25) is 0 Å². The Labute approximate surface area is 150 Å². The number of carbonyl (C=O) groups is 1. The van der Waals surface area contributed by atoms with E-state index in [1.807, 2.05) is 22.9 Å². The van der Waals surface area contributed by atoms with Gasteiger partial charge in [0.05, 0.1) is 19.0 Å². The number of carbonyl (C=O) groups excluding carboxylic acids is 1. The third-order valence-corrected chi connectivity index (χ3v) is 4.91. The summed E-state index contributed by atoms with van der Waals surface area (Å²) < 4.78 is 10.7. The zero-order valence-electron chi connectivity index (χ0n) is 13.3. The molecule has 4 aromatic heterocycles. The average molecular weight is 372 g/mol. The molecular formula is C15H12N6O2S2. The van der Waals surface area contributed by atoms with Gasteiger partial charge in [-0.1, -0.05) is 0 Å². The highest BCUT2D eigenvalue weighted by Crippen LogP contribution is 2.28. The fourth-order valence-corrected chi connectivity index (χ4v) is 3.63. The maximum absolute atomic E-state index is 11.5. The number of nitrogens with one attached hydrogen (secondary N) is 1. The molecule has 25 heavy (non-hydrogen) atoms. The number of rotatable bonds is 4. The summed E-state index contributed by atoms with van der Waals surface area (Å²) in [6.07, 6.45) is 5.45. The third kappa shape index (κ3) is 2.85. The summed E-state index contributed by atoms with van der Waals surface area (Å²) in [6, 6.07) is 1.63. The number of ether oxygens (including phenoxy) is 1. The van der Waals surface area contributed by atoms with Crippen LogP contribution in [0.2, 0.25) is 0 Å². The van der Waals surface area contributed by atoms with Gasteiger partial charge in [-0.05, 0) is 18.5 Å². The minimum absolute atomic E-state index is 0.255. The number of thiazole rings is 1. The van der Waals surface area contributed by atoms with E-state index in [9.17, 15) is 4.79 Å². The molecule has 0 amide bonds. The quantitative estimate of drug-likeness (QED) is 0.550. The van der Waals surface area contributed by atoms with Crippen LogP contribution in [0.1, 0.15) is 16.2 Å². The van der Waals surface area contributed by atoms with Gasteiger partial charge in [0, 0.05) is 23.8 Å². The van der Waals surface area contributed by atoms with E-state index in [4.69, 9.17) is 0 Å². The Morgan fingerprint density at radius 2 is 2.24 bits per heavy atom. The van der Waals surface area contributed by atoms with Crippen molar-refractivity contribution in [1.29, 1.82) is 0 Å². The van der Waals surface area contributed by atoms with Crippen LogP contribution in [0.3, 0.4) is 0 Å². The van der Waals surface area contributed by atoms with Crippen molar-refractivity contribution in [2.24, 2.45) is 0 Å². The van der Waals surface area contributed by atoms with Crippen LogP contribution in [0, 0.1) is 6.92 Å². The Hall–Kier alpha value is -2.85. The highest BCUT2D eigenvalue weighted by Gasteiger charge is 2.16. The normalized spacial score (nSPS) is 11.0. The van der Waals surface area contributed by atoms with E-state index >= 15 is 0 Å². The van der Waals surface area contributed by atoms with Crippen LogP contribution in [-0.4, -0.2) is 36.8 Å². The van der Waals surface area contributed by atoms with E-state index in [0.717, 1.165) is 27.9 Å². The number of aryl methyl sites for hydroxylation is 1. The molecule has 0 spiro atoms. The molecule has 0 aliphatic heterocycles. The number of methoxy groups -OCH3 is 1. The van der Waals surface area contributed by atoms with Gasteiger partial charge in [-0.15, -0.1) is 11.3 Å². The van der Waals surface area contributed by atoms with Gasteiger partial charge >= 0.3 is 5.97 Å². The van der Waals surface area contributed by atoms with E-state index in [1.165, 1.54) is 7.11 Å². The van der Waals surface area contributed by atoms with Crippen molar-refractivity contribution in [2.45, 2.75) is 6.92 Å². The molecule has 10 heteroatoms. The van der Waals surface area contributed by atoms with Crippen LogP contribution < -0.4 is 5.32 Å². The van der Waals surface area contributed by atoms with E-state index in [-0.39, 0.29) is 5.69 Å². The number of aromatic nitrogens is 5. The maximum Gasteiger partial charge on any atom is 0.357 e. The van der Waals surface area contributed by atoms with Crippen LogP contribution >= 0.6 is 22.9 Å². The number of hydrogen-bond donors (Lipinski definition) is 1. The first-order valence-electron chi connectivity index (χ1n) is 7.22. The van der Waals surface area contributed by atoms with E-state index < -0.39 is 5.97 Å². The second-order valence-corrected chi connectivity index (χ2v) is 6.80. The predicted octanol–water partition coefficient (Wildman–Crippen LogP) is 3.15. The standard InChI is InChI=1S/C15H12N6O2S2/c1-8-7-21-10(14-16-3-4-24-14)6-17-13(21)12(18-8)19-11-5-9(20-25-11)15(22)23-2/h3-7H,1-2H3,(H,18,19). The lowest BCUT2D eigenvalue weighted by Crippen LogP contribution is -2.01. The lowest BCUT2D eigenvalue weighted by atomic mass is 10.4. The predicted molar refractivity (Wildman–Crippen MR) is 95.6 cm³/mol. The maximum atomic E-state index is 11.5. The molecule has 0 fully saturated rings. The van der Waals surface area contributed by atoms with Crippen molar-refractivity contribution < 1.29 is 9.53 Å². The molecule has 0 radical (unpaired) electrons. The lowest BCUT2D eigenvalue weighted by Gasteiger charge is -2.07. The Bertz CT molecular complexity index is 1050. The van der Waals surface area contributed by atoms with Crippen LogP contribution in [-0.2, 0) is 4.74 Å². The molecule has 4 aromatic rings. The van der Waals surface area contributed by atoms with E-state index in [0.29, 0.717) is 16.5 Å². The number of fused-ring (bicyclic) bond motifs is 1. The SMILES string of the molecule is COC(=O)c1cc(Nc2nc(C)cn3c(-c4nccs4)cnc23)sn1. The largest absolute Gasteiger partial charge is 0.464 e. The fourth-order valence-electron chi connectivity index (χ4n) is 2.35. The molecule has 4 heterocycles. The monoisotopic (exact) mass is 372 g/mol. The minimum atomic E-state index is -0.474. The molecule has 1 N–H and O–H groups in total. The number of nitrogens with zero attached hydrogens (tertiary/aromatic N) is 5. The molecule has 0 saturated carbocycles. The molecule has 0 unspecified atom stereocenters. The van der Waals surface area contributed by atoms with Crippen LogP contribution in [0.25, 0.3) is 16.3 Å². The van der Waals surface area contributed by atoms with Crippen LogP contribution in [0.5, 0.6) is 0 Å². The molecule has 0 atom stereocenters. The van der Waals surface area contributed by atoms with E-state index in [1.54, 1.807) is 29.8 Å². The van der Waals surface area contributed by atoms with Crippen LogP contribution in [0.4, 0.5) is 10.8 Å². The molecule has 0 aliphatic carbocycles. The van der Waals surface area contributed by atoms with Crippen molar-refractivity contribution >= 4 is 45.3 Å². The molecule has 0 aromatic carbocycles. The van der Waals surface area contributed by atoms with Crippen molar-refractivity contribution in [3.8, 4) is 10.7 Å².